The third-order valence-corrected chi connectivity index (χ3v) is 10.4. The lowest BCUT2D eigenvalue weighted by molar-refractivity contribution is -0.136. The monoisotopic (exact) mass is 460 g/mol. The number of nitrogens with zero attached hydrogens (tertiary/aromatic N) is 2. The van der Waals surface area contributed by atoms with Gasteiger partial charge in [-0.25, -0.2) is 4.39 Å². The number of ether oxygens (including phenoxy) is 1. The second-order valence-corrected chi connectivity index (χ2v) is 11.3. The van der Waals surface area contributed by atoms with E-state index >= 15 is 0 Å². The van der Waals surface area contributed by atoms with Gasteiger partial charge in [0.2, 0.25) is 5.91 Å². The molecule has 2 aliphatic carbocycles. The minimum Gasteiger partial charge on any atom is -0.378 e. The number of morpholine rings is 1. The highest BCUT2D eigenvalue weighted by Crippen LogP contribution is 2.63. The number of halogens is 1. The van der Waals surface area contributed by atoms with Gasteiger partial charge in [0.25, 0.3) is 0 Å². The number of benzene rings is 1. The van der Waals surface area contributed by atoms with E-state index in [0.29, 0.717) is 49.3 Å². The molecule has 0 radical (unpaired) electrons. The number of thioether (sulfide) groups is 1. The average Bonchev–Trinajstić information content (AvgIpc) is 3.48. The summed E-state index contributed by atoms with van der Waals surface area (Å²) < 4.78 is 20.7. The van der Waals surface area contributed by atoms with Crippen molar-refractivity contribution >= 4 is 29.0 Å². The molecule has 1 aromatic carbocycles. The zero-order valence-electron chi connectivity index (χ0n) is 17.2. The van der Waals surface area contributed by atoms with Crippen molar-refractivity contribution < 1.29 is 13.9 Å². The summed E-state index contributed by atoms with van der Waals surface area (Å²) in [7, 11) is 0. The number of aromatic nitrogens is 1. The summed E-state index contributed by atoms with van der Waals surface area (Å²) >= 11 is 3.12. The molecule has 1 amide bonds. The highest BCUT2D eigenvalue weighted by Gasteiger charge is 2.55. The fraction of sp³-hybridized carbons (Fsp3) is 0.565. The van der Waals surface area contributed by atoms with E-state index in [4.69, 9.17) is 4.74 Å². The van der Waals surface area contributed by atoms with E-state index in [1.54, 1.807) is 9.47 Å². The van der Waals surface area contributed by atoms with Gasteiger partial charge >= 0.3 is 4.87 Å². The number of carbonyl (C=O) groups excluding carboxylic acids is 1. The lowest BCUT2D eigenvalue weighted by Gasteiger charge is -2.40. The molecule has 2 saturated carbocycles. The zero-order valence-corrected chi connectivity index (χ0v) is 18.8. The topological polar surface area (TPSA) is 51.5 Å². The maximum absolute atomic E-state index is 13.6. The van der Waals surface area contributed by atoms with Crippen LogP contribution in [-0.4, -0.2) is 46.9 Å². The molecule has 2 bridgehead atoms. The van der Waals surface area contributed by atoms with Crippen LogP contribution in [0.1, 0.15) is 35.6 Å². The highest BCUT2D eigenvalue weighted by atomic mass is 32.2. The minimum absolute atomic E-state index is 0.0139. The van der Waals surface area contributed by atoms with Crippen molar-refractivity contribution in [3.05, 3.63) is 50.2 Å². The smallest absolute Gasteiger partial charge is 0.308 e. The molecule has 2 aromatic rings. The van der Waals surface area contributed by atoms with Gasteiger partial charge in [0.05, 0.1) is 18.2 Å². The molecule has 0 unspecified atom stereocenters. The molecule has 0 spiro atoms. The van der Waals surface area contributed by atoms with Crippen molar-refractivity contribution in [2.75, 3.05) is 26.3 Å². The number of thiazole rings is 1. The predicted molar refractivity (Wildman–Crippen MR) is 118 cm³/mol. The Morgan fingerprint density at radius 3 is 2.65 bits per heavy atom. The summed E-state index contributed by atoms with van der Waals surface area (Å²) in [5.74, 6) is 1.71. The Kier molecular flexibility index (Phi) is 5.00. The molecule has 2 aliphatic heterocycles. The molecule has 0 N–H and O–H groups in total. The van der Waals surface area contributed by atoms with E-state index in [9.17, 15) is 14.0 Å². The molecule has 1 saturated heterocycles. The molecule has 4 aliphatic rings. The summed E-state index contributed by atoms with van der Waals surface area (Å²) in [6, 6.07) is 6.83. The number of hydrogen-bond donors (Lipinski definition) is 0. The summed E-state index contributed by atoms with van der Waals surface area (Å²) in [6.07, 6.45) is 3.77. The molecule has 8 heteroatoms. The number of carbonyl (C=O) groups is 1. The van der Waals surface area contributed by atoms with Gasteiger partial charge in [-0.05, 0) is 54.7 Å². The third-order valence-electron chi connectivity index (χ3n) is 7.58. The maximum Gasteiger partial charge on any atom is 0.308 e. The van der Waals surface area contributed by atoms with E-state index in [1.165, 1.54) is 42.7 Å². The van der Waals surface area contributed by atoms with Crippen LogP contribution in [-0.2, 0) is 16.1 Å². The van der Waals surface area contributed by atoms with Gasteiger partial charge in [-0.3, -0.25) is 14.2 Å². The standard InChI is InChI=1S/C23H25FN2O3S2/c24-16-5-3-13(4-6-16)18-19-14-1-2-15(11-14)20(19)30-22-21(18)31-23(28)26(22)12-17(27)25-7-9-29-10-8-25/h3-6,14-15,18-20H,1-2,7-12H2/t14-,15-,18-,19-,20+/m0/s1. The highest BCUT2D eigenvalue weighted by molar-refractivity contribution is 8.00. The normalized spacial score (nSPS) is 31.5. The molecule has 1 aromatic heterocycles. The Morgan fingerprint density at radius 1 is 1.13 bits per heavy atom. The maximum atomic E-state index is 13.6. The van der Waals surface area contributed by atoms with E-state index in [1.807, 2.05) is 23.9 Å². The van der Waals surface area contributed by atoms with Gasteiger partial charge in [-0.15, -0.1) is 11.8 Å². The molecular weight excluding hydrogens is 435 g/mol. The van der Waals surface area contributed by atoms with E-state index < -0.39 is 0 Å². The van der Waals surface area contributed by atoms with Crippen LogP contribution in [0.15, 0.2) is 34.1 Å². The van der Waals surface area contributed by atoms with Crippen molar-refractivity contribution in [2.24, 2.45) is 17.8 Å². The fourth-order valence-electron chi connectivity index (χ4n) is 6.18. The first-order valence-electron chi connectivity index (χ1n) is 11.1. The van der Waals surface area contributed by atoms with Crippen LogP contribution in [0.25, 0.3) is 0 Å². The van der Waals surface area contributed by atoms with E-state index in [-0.39, 0.29) is 29.1 Å². The van der Waals surface area contributed by atoms with Crippen LogP contribution < -0.4 is 4.87 Å². The van der Waals surface area contributed by atoms with Gasteiger partial charge < -0.3 is 9.64 Å². The molecular formula is C23H25FN2O3S2. The first kappa shape index (κ1) is 20.0. The fourth-order valence-corrected chi connectivity index (χ4v) is 9.33. The van der Waals surface area contributed by atoms with Gasteiger partial charge in [0, 0.05) is 29.1 Å². The summed E-state index contributed by atoms with van der Waals surface area (Å²) in [6.45, 7) is 2.37. The minimum atomic E-state index is -0.236. The Labute approximate surface area is 188 Å². The molecule has 6 rings (SSSR count). The number of hydrogen-bond acceptors (Lipinski definition) is 5. The Hall–Kier alpha value is -1.64. The van der Waals surface area contributed by atoms with Crippen molar-refractivity contribution in [3.8, 4) is 0 Å². The van der Waals surface area contributed by atoms with Crippen LogP contribution in [0.4, 0.5) is 4.39 Å². The molecule has 3 heterocycles. The van der Waals surface area contributed by atoms with Gasteiger partial charge in [0.1, 0.15) is 12.4 Å². The number of rotatable bonds is 3. The summed E-state index contributed by atoms with van der Waals surface area (Å²) in [5.41, 5.74) is 1.10. The molecule has 31 heavy (non-hydrogen) atoms. The molecule has 5 nitrogen and oxygen atoms in total. The first-order chi connectivity index (χ1) is 15.1. The van der Waals surface area contributed by atoms with Crippen molar-refractivity contribution in [1.82, 2.24) is 9.47 Å². The summed E-state index contributed by atoms with van der Waals surface area (Å²) in [5, 5.41) is 1.44. The molecule has 3 fully saturated rings. The second kappa shape index (κ2) is 7.74. The Morgan fingerprint density at radius 2 is 1.87 bits per heavy atom. The van der Waals surface area contributed by atoms with Gasteiger partial charge in [0.15, 0.2) is 0 Å². The van der Waals surface area contributed by atoms with Crippen molar-refractivity contribution in [2.45, 2.75) is 42.0 Å². The van der Waals surface area contributed by atoms with Gasteiger partial charge in [-0.2, -0.15) is 0 Å². The Balaban J connectivity index is 1.40. The van der Waals surface area contributed by atoms with Crippen LogP contribution in [0.3, 0.4) is 0 Å². The summed E-state index contributed by atoms with van der Waals surface area (Å²) in [4.78, 5) is 28.8. The third kappa shape index (κ3) is 3.29. The lowest BCUT2D eigenvalue weighted by Crippen LogP contribution is -2.43. The quantitative estimate of drug-likeness (QED) is 0.703. The largest absolute Gasteiger partial charge is 0.378 e. The molecule has 164 valence electrons. The lowest BCUT2D eigenvalue weighted by atomic mass is 9.75. The van der Waals surface area contributed by atoms with E-state index in [2.05, 4.69) is 0 Å². The first-order valence-corrected chi connectivity index (χ1v) is 12.8. The van der Waals surface area contributed by atoms with Crippen LogP contribution >= 0.6 is 23.1 Å². The Bertz CT molecular complexity index is 1060. The van der Waals surface area contributed by atoms with Crippen molar-refractivity contribution in [1.29, 1.82) is 0 Å². The average molecular weight is 461 g/mol. The zero-order chi connectivity index (χ0) is 21.1. The van der Waals surface area contributed by atoms with Crippen molar-refractivity contribution in [3.63, 3.8) is 0 Å². The number of fused-ring (bicyclic) bond motifs is 6. The SMILES string of the molecule is O=C(Cn1c2c(sc1=O)[C@@H](c1ccc(F)cc1)[C@@H]1[C@H]3CC[C@@H](C3)[C@H]1S2)N1CCOCC1. The van der Waals surface area contributed by atoms with Gasteiger partial charge in [-0.1, -0.05) is 23.5 Å². The van der Waals surface area contributed by atoms with Crippen LogP contribution in [0, 0.1) is 23.6 Å². The predicted octanol–water partition coefficient (Wildman–Crippen LogP) is 3.56. The van der Waals surface area contributed by atoms with Crippen LogP contribution in [0.5, 0.6) is 0 Å². The molecule has 5 atom stereocenters. The number of amides is 1. The second-order valence-electron chi connectivity index (χ2n) is 9.14. The van der Waals surface area contributed by atoms with E-state index in [0.717, 1.165) is 15.5 Å². The van der Waals surface area contributed by atoms with Crippen LogP contribution in [0.2, 0.25) is 0 Å².